The van der Waals surface area contributed by atoms with Crippen molar-refractivity contribution in [3.05, 3.63) is 50.6 Å². The summed E-state index contributed by atoms with van der Waals surface area (Å²) in [6, 6.07) is 8.98. The third kappa shape index (κ3) is 3.55. The second kappa shape index (κ2) is 7.05. The van der Waals surface area contributed by atoms with Gasteiger partial charge in [-0.05, 0) is 61.0 Å². The van der Waals surface area contributed by atoms with Gasteiger partial charge in [0, 0.05) is 15.9 Å². The number of sulfonamides is 1. The molecule has 0 amide bonds. The minimum absolute atomic E-state index is 0.0360. The molecule has 1 fully saturated rings. The SMILES string of the molecule is Cc1ccsc1[C@H]1CCCCCN1S(=O)(=O)c1ccc(Br)cc1. The highest BCUT2D eigenvalue weighted by Gasteiger charge is 2.34. The second-order valence-corrected chi connectivity index (χ2v) is 9.66. The first-order chi connectivity index (χ1) is 11.0. The van der Waals surface area contributed by atoms with E-state index in [0.717, 1.165) is 30.2 Å². The van der Waals surface area contributed by atoms with Gasteiger partial charge in [0.25, 0.3) is 0 Å². The second-order valence-electron chi connectivity index (χ2n) is 5.90. The molecule has 3 nitrogen and oxygen atoms in total. The van der Waals surface area contributed by atoms with Crippen LogP contribution in [-0.4, -0.2) is 19.3 Å². The van der Waals surface area contributed by atoms with Crippen LogP contribution < -0.4 is 0 Å². The largest absolute Gasteiger partial charge is 0.243 e. The van der Waals surface area contributed by atoms with Crippen molar-refractivity contribution >= 4 is 37.3 Å². The molecule has 6 heteroatoms. The molecule has 1 aliphatic heterocycles. The highest BCUT2D eigenvalue weighted by molar-refractivity contribution is 9.10. The molecule has 1 aromatic heterocycles. The topological polar surface area (TPSA) is 37.4 Å². The molecule has 0 unspecified atom stereocenters. The standard InChI is InChI=1S/C17H20BrNO2S2/c1-13-10-12-22-17(13)16-5-3-2-4-11-19(16)23(20,21)15-8-6-14(18)7-9-15/h6-10,12,16H,2-5,11H2,1H3/t16-/m1/s1. The van der Waals surface area contributed by atoms with Crippen molar-refractivity contribution in [1.82, 2.24) is 4.31 Å². The zero-order valence-electron chi connectivity index (χ0n) is 13.0. The molecule has 1 atom stereocenters. The molecule has 2 aromatic rings. The van der Waals surface area contributed by atoms with Gasteiger partial charge in [0.15, 0.2) is 0 Å². The minimum Gasteiger partial charge on any atom is -0.207 e. The van der Waals surface area contributed by atoms with Gasteiger partial charge in [-0.1, -0.05) is 28.8 Å². The number of rotatable bonds is 3. The molecule has 0 aliphatic carbocycles. The third-order valence-electron chi connectivity index (χ3n) is 4.33. The van der Waals surface area contributed by atoms with Crippen LogP contribution in [0.1, 0.15) is 42.2 Å². The number of halogens is 1. The number of hydrogen-bond acceptors (Lipinski definition) is 3. The molecule has 1 saturated heterocycles. The number of thiophene rings is 1. The molecule has 3 rings (SSSR count). The molecule has 124 valence electrons. The van der Waals surface area contributed by atoms with Gasteiger partial charge in [0.05, 0.1) is 10.9 Å². The summed E-state index contributed by atoms with van der Waals surface area (Å²) < 4.78 is 29.0. The van der Waals surface area contributed by atoms with Crippen LogP contribution in [-0.2, 0) is 10.0 Å². The van der Waals surface area contributed by atoms with Gasteiger partial charge in [-0.25, -0.2) is 8.42 Å². The Kier molecular flexibility index (Phi) is 5.26. The van der Waals surface area contributed by atoms with Crippen molar-refractivity contribution in [1.29, 1.82) is 0 Å². The van der Waals surface area contributed by atoms with E-state index in [1.54, 1.807) is 39.9 Å². The third-order valence-corrected chi connectivity index (χ3v) is 7.90. The first-order valence-electron chi connectivity index (χ1n) is 7.81. The molecule has 0 spiro atoms. The lowest BCUT2D eigenvalue weighted by Crippen LogP contribution is -2.34. The van der Waals surface area contributed by atoms with Crippen molar-refractivity contribution in [2.24, 2.45) is 0 Å². The highest BCUT2D eigenvalue weighted by atomic mass is 79.9. The van der Waals surface area contributed by atoms with E-state index in [1.165, 1.54) is 10.4 Å². The summed E-state index contributed by atoms with van der Waals surface area (Å²) in [5.41, 5.74) is 1.19. The van der Waals surface area contributed by atoms with Crippen LogP contribution in [0.3, 0.4) is 0 Å². The quantitative estimate of drug-likeness (QED) is 0.699. The van der Waals surface area contributed by atoms with Crippen LogP contribution in [0.5, 0.6) is 0 Å². The lowest BCUT2D eigenvalue weighted by atomic mass is 10.1. The van der Waals surface area contributed by atoms with Crippen molar-refractivity contribution in [3.8, 4) is 0 Å². The van der Waals surface area contributed by atoms with Crippen LogP contribution in [0, 0.1) is 6.92 Å². The van der Waals surface area contributed by atoms with E-state index in [4.69, 9.17) is 0 Å². The number of hydrogen-bond donors (Lipinski definition) is 0. The molecule has 1 aliphatic rings. The lowest BCUT2D eigenvalue weighted by molar-refractivity contribution is 0.332. The van der Waals surface area contributed by atoms with Crippen molar-refractivity contribution in [2.75, 3.05) is 6.54 Å². The Morgan fingerprint density at radius 3 is 2.52 bits per heavy atom. The van der Waals surface area contributed by atoms with Crippen LogP contribution in [0.25, 0.3) is 0 Å². The van der Waals surface area contributed by atoms with Crippen LogP contribution >= 0.6 is 27.3 Å². The molecule has 0 bridgehead atoms. The minimum atomic E-state index is -3.47. The van der Waals surface area contributed by atoms with E-state index < -0.39 is 10.0 Å². The van der Waals surface area contributed by atoms with Crippen LogP contribution in [0.15, 0.2) is 45.1 Å². The maximum Gasteiger partial charge on any atom is 0.243 e. The van der Waals surface area contributed by atoms with E-state index in [-0.39, 0.29) is 6.04 Å². The average Bonchev–Trinajstić information content (AvgIpc) is 2.80. The highest BCUT2D eigenvalue weighted by Crippen LogP contribution is 2.38. The zero-order chi connectivity index (χ0) is 16.4. The summed E-state index contributed by atoms with van der Waals surface area (Å²) in [4.78, 5) is 1.56. The Labute approximate surface area is 150 Å². The van der Waals surface area contributed by atoms with E-state index in [1.807, 2.05) is 0 Å². The lowest BCUT2D eigenvalue weighted by Gasteiger charge is -2.29. The summed E-state index contributed by atoms with van der Waals surface area (Å²) in [5, 5.41) is 2.06. The van der Waals surface area contributed by atoms with Crippen LogP contribution in [0.2, 0.25) is 0 Å². The predicted molar refractivity (Wildman–Crippen MR) is 98.3 cm³/mol. The molecule has 2 heterocycles. The van der Waals surface area contributed by atoms with E-state index in [2.05, 4.69) is 34.3 Å². The molecule has 0 radical (unpaired) electrons. The fraction of sp³-hybridized carbons (Fsp3) is 0.412. The first-order valence-corrected chi connectivity index (χ1v) is 10.9. The summed E-state index contributed by atoms with van der Waals surface area (Å²) in [6.45, 7) is 2.67. The first kappa shape index (κ1) is 17.1. The van der Waals surface area contributed by atoms with Gasteiger partial charge in [-0.15, -0.1) is 11.3 Å². The molecule has 23 heavy (non-hydrogen) atoms. The van der Waals surface area contributed by atoms with Crippen molar-refractivity contribution in [3.63, 3.8) is 0 Å². The van der Waals surface area contributed by atoms with Gasteiger partial charge < -0.3 is 0 Å². The maximum atomic E-state index is 13.2. The normalized spacial score (nSPS) is 20.3. The molecular formula is C17H20BrNO2S2. The molecular weight excluding hydrogens is 394 g/mol. The van der Waals surface area contributed by atoms with Gasteiger partial charge in [0.1, 0.15) is 0 Å². The summed E-state index contributed by atoms with van der Waals surface area (Å²) in [6.07, 6.45) is 4.00. The Hall–Kier alpha value is -0.690. The smallest absolute Gasteiger partial charge is 0.207 e. The monoisotopic (exact) mass is 413 g/mol. The van der Waals surface area contributed by atoms with Gasteiger partial charge in [-0.2, -0.15) is 4.31 Å². The number of benzene rings is 1. The Morgan fingerprint density at radius 2 is 1.87 bits per heavy atom. The molecule has 0 N–H and O–H groups in total. The fourth-order valence-electron chi connectivity index (χ4n) is 3.10. The summed E-state index contributed by atoms with van der Waals surface area (Å²) in [5.74, 6) is 0. The Balaban J connectivity index is 2.02. The zero-order valence-corrected chi connectivity index (χ0v) is 16.3. The van der Waals surface area contributed by atoms with Gasteiger partial charge >= 0.3 is 0 Å². The fourth-order valence-corrected chi connectivity index (χ4v) is 6.17. The molecule has 1 aromatic carbocycles. The number of aryl methyl sites for hydroxylation is 1. The van der Waals surface area contributed by atoms with Gasteiger partial charge in [0.2, 0.25) is 10.0 Å². The summed E-state index contributed by atoms with van der Waals surface area (Å²) >= 11 is 5.04. The average molecular weight is 414 g/mol. The number of nitrogens with zero attached hydrogens (tertiary/aromatic N) is 1. The molecule has 0 saturated carbocycles. The van der Waals surface area contributed by atoms with E-state index in [9.17, 15) is 8.42 Å². The van der Waals surface area contributed by atoms with E-state index in [0.29, 0.717) is 11.4 Å². The van der Waals surface area contributed by atoms with Crippen molar-refractivity contribution in [2.45, 2.75) is 43.5 Å². The Bertz CT molecular complexity index is 768. The maximum absolute atomic E-state index is 13.2. The van der Waals surface area contributed by atoms with Crippen molar-refractivity contribution < 1.29 is 8.42 Å². The predicted octanol–water partition coefficient (Wildman–Crippen LogP) is 5.13. The van der Waals surface area contributed by atoms with Crippen LogP contribution in [0.4, 0.5) is 0 Å². The van der Waals surface area contributed by atoms with Gasteiger partial charge in [-0.3, -0.25) is 0 Å². The summed E-state index contributed by atoms with van der Waals surface area (Å²) in [7, 11) is -3.47. The Morgan fingerprint density at radius 1 is 1.13 bits per heavy atom. The van der Waals surface area contributed by atoms with E-state index >= 15 is 0 Å².